The molecule has 3 aromatic rings. The van der Waals surface area contributed by atoms with E-state index < -0.39 is 0 Å². The van der Waals surface area contributed by atoms with Gasteiger partial charge in [0.05, 0.1) is 0 Å². The first-order valence-electron chi connectivity index (χ1n) is 6.60. The number of halogens is 1. The Morgan fingerprint density at radius 3 is 1.89 bits per heavy atom. The lowest BCUT2D eigenvalue weighted by Crippen LogP contribution is -2.30. The van der Waals surface area contributed by atoms with Crippen molar-refractivity contribution in [1.29, 1.82) is 0 Å². The molecule has 19 heavy (non-hydrogen) atoms. The fourth-order valence-electron chi connectivity index (χ4n) is 3.07. The molecular weight excluding hydrogens is 296 g/mol. The molecule has 1 unspecified atom stereocenters. The second-order valence-electron chi connectivity index (χ2n) is 5.04. The van der Waals surface area contributed by atoms with Gasteiger partial charge in [-0.1, -0.05) is 76.6 Å². The first-order chi connectivity index (χ1) is 9.34. The Bertz CT molecular complexity index is 906. The van der Waals surface area contributed by atoms with Crippen molar-refractivity contribution in [1.82, 2.24) is 0 Å². The van der Waals surface area contributed by atoms with Gasteiger partial charge in [-0.25, -0.2) is 0 Å². The molecule has 0 fully saturated rings. The van der Waals surface area contributed by atoms with E-state index >= 15 is 0 Å². The van der Waals surface area contributed by atoms with Crippen LogP contribution in [0.1, 0.15) is 6.42 Å². The lowest BCUT2D eigenvalue weighted by atomic mass is 9.94. The van der Waals surface area contributed by atoms with Crippen LogP contribution < -0.4 is 10.4 Å². The molecule has 0 heterocycles. The van der Waals surface area contributed by atoms with E-state index in [-0.39, 0.29) is 0 Å². The molecule has 0 radical (unpaired) electrons. The Hall–Kier alpha value is -1.60. The van der Waals surface area contributed by atoms with Crippen molar-refractivity contribution >= 4 is 49.6 Å². The Kier molecular flexibility index (Phi) is 2.49. The number of alkyl halides is 1. The minimum absolute atomic E-state index is 0.449. The van der Waals surface area contributed by atoms with Gasteiger partial charge in [0, 0.05) is 4.83 Å². The van der Waals surface area contributed by atoms with Crippen molar-refractivity contribution in [3.8, 4) is 0 Å². The molecule has 1 aliphatic rings. The Morgan fingerprint density at radius 1 is 0.737 bits per heavy atom. The van der Waals surface area contributed by atoms with Crippen molar-refractivity contribution in [2.75, 3.05) is 0 Å². The topological polar surface area (TPSA) is 0 Å². The minimum atomic E-state index is 0.449. The van der Waals surface area contributed by atoms with Crippen LogP contribution in [0.4, 0.5) is 0 Å². The molecule has 0 aromatic heterocycles. The third-order valence-corrected chi connectivity index (χ3v) is 4.55. The summed E-state index contributed by atoms with van der Waals surface area (Å²) in [7, 11) is 0. The second-order valence-corrected chi connectivity index (χ2v) is 6.22. The Morgan fingerprint density at radius 2 is 1.26 bits per heavy atom. The van der Waals surface area contributed by atoms with E-state index in [1.54, 1.807) is 0 Å². The normalized spacial score (nSPS) is 17.8. The predicted molar refractivity (Wildman–Crippen MR) is 87.0 cm³/mol. The molecule has 1 heteroatoms. The maximum atomic E-state index is 3.72. The zero-order chi connectivity index (χ0) is 12.8. The summed E-state index contributed by atoms with van der Waals surface area (Å²) in [5, 5.41) is 8.20. The van der Waals surface area contributed by atoms with Gasteiger partial charge in [0.15, 0.2) is 0 Å². The quantitative estimate of drug-likeness (QED) is 0.438. The van der Waals surface area contributed by atoms with E-state index in [1.165, 1.54) is 32.0 Å². The molecule has 0 amide bonds. The number of hydrogen-bond acceptors (Lipinski definition) is 0. The highest BCUT2D eigenvalue weighted by Crippen LogP contribution is 2.21. The highest BCUT2D eigenvalue weighted by molar-refractivity contribution is 9.09. The van der Waals surface area contributed by atoms with Gasteiger partial charge in [0.2, 0.25) is 0 Å². The second kappa shape index (κ2) is 4.21. The van der Waals surface area contributed by atoms with Crippen molar-refractivity contribution in [3.63, 3.8) is 0 Å². The zero-order valence-electron chi connectivity index (χ0n) is 10.4. The van der Waals surface area contributed by atoms with Crippen molar-refractivity contribution in [2.24, 2.45) is 0 Å². The molecule has 1 aliphatic carbocycles. The lowest BCUT2D eigenvalue weighted by Gasteiger charge is -2.12. The van der Waals surface area contributed by atoms with Crippen LogP contribution in [0, 0.1) is 0 Å². The first kappa shape index (κ1) is 11.2. The van der Waals surface area contributed by atoms with E-state index in [9.17, 15) is 0 Å². The van der Waals surface area contributed by atoms with Gasteiger partial charge in [-0.3, -0.25) is 0 Å². The van der Waals surface area contributed by atoms with Crippen molar-refractivity contribution in [3.05, 3.63) is 59.0 Å². The van der Waals surface area contributed by atoms with Crippen LogP contribution in [0.15, 0.2) is 48.5 Å². The third kappa shape index (κ3) is 1.65. The van der Waals surface area contributed by atoms with Crippen LogP contribution in [0.25, 0.3) is 33.7 Å². The molecule has 3 aromatic carbocycles. The molecule has 1 atom stereocenters. The highest BCUT2D eigenvalue weighted by atomic mass is 79.9. The van der Waals surface area contributed by atoms with Gasteiger partial charge in [0.25, 0.3) is 0 Å². The first-order valence-corrected chi connectivity index (χ1v) is 7.52. The number of benzene rings is 3. The summed E-state index contributed by atoms with van der Waals surface area (Å²) < 4.78 is 0. The predicted octanol–water partition coefficient (Wildman–Crippen LogP) is 3.72. The molecule has 0 N–H and O–H groups in total. The summed E-state index contributed by atoms with van der Waals surface area (Å²) in [5.41, 5.74) is 0. The van der Waals surface area contributed by atoms with Crippen LogP contribution in [-0.2, 0) is 0 Å². The zero-order valence-corrected chi connectivity index (χ0v) is 12.0. The number of rotatable bonds is 0. The number of hydrogen-bond donors (Lipinski definition) is 0. The summed E-state index contributed by atoms with van der Waals surface area (Å²) in [5.74, 6) is 0. The maximum Gasteiger partial charge on any atom is 0.0369 e. The minimum Gasteiger partial charge on any atom is -0.0842 e. The average Bonchev–Trinajstić information content (AvgIpc) is 2.47. The molecule has 0 spiro atoms. The summed E-state index contributed by atoms with van der Waals surface area (Å²) in [4.78, 5) is 0.449. The van der Waals surface area contributed by atoms with Gasteiger partial charge in [-0.2, -0.15) is 0 Å². The highest BCUT2D eigenvalue weighted by Gasteiger charge is 2.09. The summed E-state index contributed by atoms with van der Waals surface area (Å²) >= 11 is 3.72. The smallest absolute Gasteiger partial charge is 0.0369 e. The average molecular weight is 309 g/mol. The van der Waals surface area contributed by atoms with Crippen LogP contribution in [0.2, 0.25) is 0 Å². The van der Waals surface area contributed by atoms with Crippen LogP contribution in [-0.4, -0.2) is 4.83 Å². The van der Waals surface area contributed by atoms with E-state index in [2.05, 4.69) is 76.6 Å². The monoisotopic (exact) mass is 308 g/mol. The van der Waals surface area contributed by atoms with Gasteiger partial charge >= 0.3 is 0 Å². The summed E-state index contributed by atoms with van der Waals surface area (Å²) in [6.45, 7) is 0. The molecular formula is C18H13Br. The molecule has 0 bridgehead atoms. The Labute approximate surface area is 120 Å². The van der Waals surface area contributed by atoms with E-state index in [0.717, 1.165) is 6.42 Å². The molecule has 0 nitrogen and oxygen atoms in total. The van der Waals surface area contributed by atoms with E-state index in [4.69, 9.17) is 0 Å². The fraction of sp³-hybridized carbons (Fsp3) is 0.111. The van der Waals surface area contributed by atoms with Crippen LogP contribution in [0.5, 0.6) is 0 Å². The van der Waals surface area contributed by atoms with Gasteiger partial charge in [0.1, 0.15) is 0 Å². The molecule has 0 saturated carbocycles. The van der Waals surface area contributed by atoms with E-state index in [1.807, 2.05) is 0 Å². The fourth-order valence-corrected chi connectivity index (χ4v) is 3.53. The SMILES string of the molecule is BrC1C=c2c(c3ccccc3c3ccccc23)=CC1. The van der Waals surface area contributed by atoms with Crippen molar-refractivity contribution in [2.45, 2.75) is 11.2 Å². The lowest BCUT2D eigenvalue weighted by molar-refractivity contribution is 1.16. The van der Waals surface area contributed by atoms with Crippen LogP contribution in [0.3, 0.4) is 0 Å². The number of fused-ring (bicyclic) bond motifs is 6. The largest absolute Gasteiger partial charge is 0.0842 e. The molecule has 0 aliphatic heterocycles. The van der Waals surface area contributed by atoms with Crippen molar-refractivity contribution < 1.29 is 0 Å². The van der Waals surface area contributed by atoms with Gasteiger partial charge < -0.3 is 0 Å². The summed E-state index contributed by atoms with van der Waals surface area (Å²) in [6.07, 6.45) is 5.78. The molecule has 4 rings (SSSR count). The third-order valence-electron chi connectivity index (χ3n) is 3.91. The van der Waals surface area contributed by atoms with E-state index in [0.29, 0.717) is 4.83 Å². The Balaban J connectivity index is 2.41. The molecule has 0 saturated heterocycles. The maximum absolute atomic E-state index is 3.72. The van der Waals surface area contributed by atoms with Crippen LogP contribution >= 0.6 is 15.9 Å². The van der Waals surface area contributed by atoms with Gasteiger partial charge in [-0.05, 0) is 38.4 Å². The van der Waals surface area contributed by atoms with Gasteiger partial charge in [-0.15, -0.1) is 0 Å². The standard InChI is InChI=1S/C18H13Br/c19-12-9-10-17-15-7-2-1-5-13(15)14-6-3-4-8-16(14)18(17)11-12/h1-8,10-12H,9H2. The summed E-state index contributed by atoms with van der Waals surface area (Å²) in [6, 6.07) is 17.4. The molecule has 92 valence electrons.